The van der Waals surface area contributed by atoms with Crippen LogP contribution in [0.25, 0.3) is 11.3 Å². The largest absolute Gasteiger partial charge is 0.335 e. The van der Waals surface area contributed by atoms with Gasteiger partial charge in [0.05, 0.1) is 11.2 Å². The molecular weight excluding hydrogens is 336 g/mol. The van der Waals surface area contributed by atoms with Crippen molar-refractivity contribution >= 4 is 5.91 Å². The van der Waals surface area contributed by atoms with Crippen molar-refractivity contribution in [3.05, 3.63) is 77.0 Å². The van der Waals surface area contributed by atoms with Gasteiger partial charge in [-0.05, 0) is 49.1 Å². The van der Waals surface area contributed by atoms with Gasteiger partial charge in [-0.3, -0.25) is 9.89 Å². The topological polar surface area (TPSA) is 75.0 Å². The SMILES string of the molecule is Cc1ccc(-c2cc(C(=O)N3CCC(N)(c4ccccc4)C3)[nH]n2)cc1C. The zero-order valence-electron chi connectivity index (χ0n) is 15.7. The van der Waals surface area contributed by atoms with Gasteiger partial charge < -0.3 is 10.6 Å². The molecule has 0 bridgehead atoms. The molecular formula is C22H24N4O. The minimum absolute atomic E-state index is 0.0548. The van der Waals surface area contributed by atoms with E-state index in [1.807, 2.05) is 47.4 Å². The van der Waals surface area contributed by atoms with E-state index >= 15 is 0 Å². The van der Waals surface area contributed by atoms with E-state index in [-0.39, 0.29) is 5.91 Å². The summed E-state index contributed by atoms with van der Waals surface area (Å²) in [6, 6.07) is 18.0. The fraction of sp³-hybridized carbons (Fsp3) is 0.273. The first-order chi connectivity index (χ1) is 13.0. The first-order valence-electron chi connectivity index (χ1n) is 9.23. The summed E-state index contributed by atoms with van der Waals surface area (Å²) in [6.45, 7) is 5.31. The van der Waals surface area contributed by atoms with E-state index in [4.69, 9.17) is 5.73 Å². The second-order valence-corrected chi connectivity index (χ2v) is 7.46. The third-order valence-corrected chi connectivity index (χ3v) is 5.55. The summed E-state index contributed by atoms with van der Waals surface area (Å²) in [4.78, 5) is 14.7. The molecule has 2 aromatic carbocycles. The molecule has 0 spiro atoms. The van der Waals surface area contributed by atoms with Crippen LogP contribution in [-0.2, 0) is 5.54 Å². The molecule has 0 aliphatic carbocycles. The highest BCUT2D eigenvalue weighted by atomic mass is 16.2. The molecule has 1 aromatic heterocycles. The highest BCUT2D eigenvalue weighted by Gasteiger charge is 2.38. The number of rotatable bonds is 3. The van der Waals surface area contributed by atoms with Crippen molar-refractivity contribution in [3.8, 4) is 11.3 Å². The summed E-state index contributed by atoms with van der Waals surface area (Å²) in [5, 5.41) is 7.24. The number of benzene rings is 2. The monoisotopic (exact) mass is 360 g/mol. The number of aromatic amines is 1. The molecule has 3 aromatic rings. The first kappa shape index (κ1) is 17.5. The van der Waals surface area contributed by atoms with Gasteiger partial charge in [0.2, 0.25) is 0 Å². The zero-order valence-corrected chi connectivity index (χ0v) is 15.7. The van der Waals surface area contributed by atoms with Crippen LogP contribution in [0.15, 0.2) is 54.6 Å². The molecule has 5 heteroatoms. The van der Waals surface area contributed by atoms with Gasteiger partial charge in [0, 0.05) is 18.7 Å². The lowest BCUT2D eigenvalue weighted by Gasteiger charge is -2.25. The van der Waals surface area contributed by atoms with Crippen LogP contribution in [0.5, 0.6) is 0 Å². The lowest BCUT2D eigenvalue weighted by Crippen LogP contribution is -2.41. The van der Waals surface area contributed by atoms with Crippen LogP contribution in [-0.4, -0.2) is 34.1 Å². The number of aryl methyl sites for hydroxylation is 2. The first-order valence-corrected chi connectivity index (χ1v) is 9.23. The van der Waals surface area contributed by atoms with E-state index in [1.54, 1.807) is 0 Å². The van der Waals surface area contributed by atoms with Gasteiger partial charge in [0.15, 0.2) is 0 Å². The standard InChI is InChI=1S/C22H24N4O/c1-15-8-9-17(12-16(15)2)19-13-20(25-24-19)21(27)26-11-10-22(23,14-26)18-6-4-3-5-7-18/h3-9,12-13H,10-11,14,23H2,1-2H3,(H,24,25). The van der Waals surface area contributed by atoms with E-state index < -0.39 is 5.54 Å². The molecule has 1 aliphatic heterocycles. The lowest BCUT2D eigenvalue weighted by molar-refractivity contribution is 0.0778. The summed E-state index contributed by atoms with van der Waals surface area (Å²) in [7, 11) is 0. The maximum atomic E-state index is 12.9. The number of nitrogens with two attached hydrogens (primary N) is 1. The van der Waals surface area contributed by atoms with Gasteiger partial charge in [-0.1, -0.05) is 42.5 Å². The van der Waals surface area contributed by atoms with Gasteiger partial charge >= 0.3 is 0 Å². The van der Waals surface area contributed by atoms with Gasteiger partial charge in [-0.15, -0.1) is 0 Å². The number of hydrogen-bond donors (Lipinski definition) is 2. The van der Waals surface area contributed by atoms with Crippen molar-refractivity contribution in [3.63, 3.8) is 0 Å². The average molecular weight is 360 g/mol. The Morgan fingerprint density at radius 2 is 1.89 bits per heavy atom. The highest BCUT2D eigenvalue weighted by molar-refractivity contribution is 5.93. The average Bonchev–Trinajstić information content (AvgIpc) is 3.32. The summed E-state index contributed by atoms with van der Waals surface area (Å²) < 4.78 is 0. The van der Waals surface area contributed by atoms with Crippen molar-refractivity contribution in [2.75, 3.05) is 13.1 Å². The van der Waals surface area contributed by atoms with Crippen LogP contribution in [0, 0.1) is 13.8 Å². The molecule has 4 rings (SSSR count). The van der Waals surface area contributed by atoms with Gasteiger partial charge in [-0.2, -0.15) is 5.10 Å². The molecule has 0 saturated carbocycles. The smallest absolute Gasteiger partial charge is 0.271 e. The number of carbonyl (C=O) groups is 1. The summed E-state index contributed by atoms with van der Waals surface area (Å²) in [5.74, 6) is -0.0548. The van der Waals surface area contributed by atoms with Crippen LogP contribution < -0.4 is 5.73 Å². The van der Waals surface area contributed by atoms with Crippen LogP contribution in [0.1, 0.15) is 33.6 Å². The second-order valence-electron chi connectivity index (χ2n) is 7.46. The summed E-state index contributed by atoms with van der Waals surface area (Å²) in [6.07, 6.45) is 0.751. The Morgan fingerprint density at radius 3 is 2.63 bits per heavy atom. The molecule has 27 heavy (non-hydrogen) atoms. The Kier molecular flexibility index (Phi) is 4.32. The van der Waals surface area contributed by atoms with Crippen LogP contribution in [0.4, 0.5) is 0 Å². The molecule has 3 N–H and O–H groups in total. The molecule has 1 fully saturated rings. The van der Waals surface area contributed by atoms with Crippen molar-refractivity contribution < 1.29 is 4.79 Å². The van der Waals surface area contributed by atoms with Gasteiger partial charge in [0.25, 0.3) is 5.91 Å². The number of H-pyrrole nitrogens is 1. The molecule has 5 nitrogen and oxygen atoms in total. The fourth-order valence-electron chi connectivity index (χ4n) is 3.66. The number of nitrogens with one attached hydrogen (secondary N) is 1. The number of nitrogens with zero attached hydrogens (tertiary/aromatic N) is 2. The van der Waals surface area contributed by atoms with Crippen molar-refractivity contribution in [2.24, 2.45) is 5.73 Å². The zero-order chi connectivity index (χ0) is 19.0. The van der Waals surface area contributed by atoms with Crippen molar-refractivity contribution in [2.45, 2.75) is 25.8 Å². The van der Waals surface area contributed by atoms with E-state index in [1.165, 1.54) is 11.1 Å². The van der Waals surface area contributed by atoms with Crippen LogP contribution >= 0.6 is 0 Å². The summed E-state index contributed by atoms with van der Waals surface area (Å²) in [5.41, 5.74) is 11.9. The second kappa shape index (κ2) is 6.67. The number of hydrogen-bond acceptors (Lipinski definition) is 3. The Morgan fingerprint density at radius 1 is 1.11 bits per heavy atom. The number of carbonyl (C=O) groups excluding carboxylic acids is 1. The normalized spacial score (nSPS) is 19.4. The third kappa shape index (κ3) is 3.26. The quantitative estimate of drug-likeness (QED) is 0.752. The molecule has 138 valence electrons. The number of aromatic nitrogens is 2. The maximum absolute atomic E-state index is 12.9. The van der Waals surface area contributed by atoms with E-state index in [0.717, 1.165) is 23.2 Å². The Balaban J connectivity index is 1.53. The number of amides is 1. The minimum atomic E-state index is -0.492. The predicted octanol–water partition coefficient (Wildman–Crippen LogP) is 3.39. The van der Waals surface area contributed by atoms with Gasteiger partial charge in [-0.25, -0.2) is 0 Å². The Labute approximate surface area is 159 Å². The van der Waals surface area contributed by atoms with E-state index in [2.05, 4.69) is 36.2 Å². The molecule has 0 radical (unpaired) electrons. The third-order valence-electron chi connectivity index (χ3n) is 5.55. The van der Waals surface area contributed by atoms with E-state index in [0.29, 0.717) is 18.8 Å². The van der Waals surface area contributed by atoms with E-state index in [9.17, 15) is 4.79 Å². The molecule has 1 unspecified atom stereocenters. The van der Waals surface area contributed by atoms with Crippen molar-refractivity contribution in [1.29, 1.82) is 0 Å². The number of likely N-dealkylation sites (tertiary alicyclic amines) is 1. The lowest BCUT2D eigenvalue weighted by atomic mass is 9.90. The molecule has 1 saturated heterocycles. The predicted molar refractivity (Wildman–Crippen MR) is 106 cm³/mol. The molecule has 1 atom stereocenters. The molecule has 1 aliphatic rings. The Hall–Kier alpha value is -2.92. The Bertz CT molecular complexity index is 979. The van der Waals surface area contributed by atoms with Crippen molar-refractivity contribution in [1.82, 2.24) is 15.1 Å². The highest BCUT2D eigenvalue weighted by Crippen LogP contribution is 2.30. The van der Waals surface area contributed by atoms with Gasteiger partial charge in [0.1, 0.15) is 5.69 Å². The summed E-state index contributed by atoms with van der Waals surface area (Å²) >= 11 is 0. The molecule has 2 heterocycles. The van der Waals surface area contributed by atoms with Crippen LogP contribution in [0.2, 0.25) is 0 Å². The minimum Gasteiger partial charge on any atom is -0.335 e. The maximum Gasteiger partial charge on any atom is 0.271 e. The fourth-order valence-corrected chi connectivity index (χ4v) is 3.66. The molecule has 1 amide bonds. The van der Waals surface area contributed by atoms with Crippen LogP contribution in [0.3, 0.4) is 0 Å².